The first kappa shape index (κ1) is 15.0. The van der Waals surface area contributed by atoms with Crippen LogP contribution in [0.25, 0.3) is 0 Å². The maximum atomic E-state index is 12.4. The molecule has 1 heterocycles. The van der Waals surface area contributed by atoms with E-state index in [9.17, 15) is 4.79 Å². The maximum absolute atomic E-state index is 12.4. The summed E-state index contributed by atoms with van der Waals surface area (Å²) >= 11 is 1.78. The van der Waals surface area contributed by atoms with Crippen LogP contribution < -0.4 is 11.1 Å². The Hall–Kier alpha value is -0.870. The number of carbonyl (C=O) groups excluding carboxylic acids is 1. The van der Waals surface area contributed by atoms with Gasteiger partial charge in [-0.25, -0.2) is 0 Å². The number of aryl methyl sites for hydroxylation is 1. The largest absolute Gasteiger partial charge is 0.356 e. The molecular formula is C17H26N2OS. The summed E-state index contributed by atoms with van der Waals surface area (Å²) in [5, 5.41) is 5.27. The van der Waals surface area contributed by atoms with Gasteiger partial charge >= 0.3 is 0 Å². The van der Waals surface area contributed by atoms with Crippen molar-refractivity contribution in [2.75, 3.05) is 6.54 Å². The Kier molecular flexibility index (Phi) is 4.65. The number of hydrogen-bond donors (Lipinski definition) is 2. The van der Waals surface area contributed by atoms with Gasteiger partial charge in [-0.1, -0.05) is 6.42 Å². The average Bonchev–Trinajstić information content (AvgIpc) is 2.84. The molecule has 4 heteroatoms. The van der Waals surface area contributed by atoms with Crippen LogP contribution in [0.3, 0.4) is 0 Å². The van der Waals surface area contributed by atoms with Gasteiger partial charge < -0.3 is 11.1 Å². The second kappa shape index (κ2) is 6.49. The standard InChI is InChI=1S/C17H26N2OS/c1-11-6-8-21-15(11)5-7-19-17(20)14-9-12-3-2-4-13(10-14)16(12)18/h6,8,12-14,16H,2-5,7,9-10,18H2,1H3,(H,19,20). The molecule has 0 radical (unpaired) electrons. The molecule has 1 amide bonds. The molecule has 3 nitrogen and oxygen atoms in total. The van der Waals surface area contributed by atoms with E-state index in [1.807, 2.05) is 0 Å². The van der Waals surface area contributed by atoms with Gasteiger partial charge in [-0.2, -0.15) is 0 Å². The molecule has 0 aliphatic heterocycles. The van der Waals surface area contributed by atoms with Crippen molar-refractivity contribution < 1.29 is 4.79 Å². The van der Waals surface area contributed by atoms with Gasteiger partial charge in [-0.05, 0) is 67.9 Å². The summed E-state index contributed by atoms with van der Waals surface area (Å²) in [7, 11) is 0. The normalized spacial score (nSPS) is 31.9. The van der Waals surface area contributed by atoms with Crippen LogP contribution in [0, 0.1) is 24.7 Å². The quantitative estimate of drug-likeness (QED) is 0.898. The molecule has 2 bridgehead atoms. The number of fused-ring (bicyclic) bond motifs is 2. The molecule has 3 rings (SSSR count). The first-order chi connectivity index (χ1) is 10.1. The topological polar surface area (TPSA) is 55.1 Å². The van der Waals surface area contributed by atoms with Gasteiger partial charge in [0.25, 0.3) is 0 Å². The molecule has 2 fully saturated rings. The van der Waals surface area contributed by atoms with Crippen molar-refractivity contribution >= 4 is 17.2 Å². The van der Waals surface area contributed by atoms with Crippen molar-refractivity contribution in [3.05, 3.63) is 21.9 Å². The van der Waals surface area contributed by atoms with E-state index in [-0.39, 0.29) is 11.8 Å². The smallest absolute Gasteiger partial charge is 0.223 e. The predicted molar refractivity (Wildman–Crippen MR) is 87.3 cm³/mol. The minimum atomic E-state index is 0.199. The molecule has 0 aromatic carbocycles. The Morgan fingerprint density at radius 3 is 2.71 bits per heavy atom. The molecule has 2 saturated carbocycles. The van der Waals surface area contributed by atoms with Gasteiger partial charge in [-0.15, -0.1) is 11.3 Å². The fraction of sp³-hybridized carbons (Fsp3) is 0.706. The van der Waals surface area contributed by atoms with Crippen LogP contribution in [0.4, 0.5) is 0 Å². The van der Waals surface area contributed by atoms with E-state index in [4.69, 9.17) is 5.73 Å². The van der Waals surface area contributed by atoms with E-state index in [1.165, 1.54) is 29.7 Å². The Morgan fingerprint density at radius 2 is 2.10 bits per heavy atom. The molecule has 2 atom stereocenters. The van der Waals surface area contributed by atoms with Gasteiger partial charge in [0.1, 0.15) is 0 Å². The van der Waals surface area contributed by atoms with Gasteiger partial charge in [0.05, 0.1) is 0 Å². The highest BCUT2D eigenvalue weighted by Crippen LogP contribution is 2.41. The van der Waals surface area contributed by atoms with E-state index < -0.39 is 0 Å². The Morgan fingerprint density at radius 1 is 1.38 bits per heavy atom. The van der Waals surface area contributed by atoms with Crippen LogP contribution in [0.1, 0.15) is 42.5 Å². The number of amides is 1. The number of nitrogens with two attached hydrogens (primary N) is 1. The fourth-order valence-electron chi connectivity index (χ4n) is 4.11. The summed E-state index contributed by atoms with van der Waals surface area (Å²) in [6.45, 7) is 2.90. The molecule has 116 valence electrons. The molecular weight excluding hydrogens is 280 g/mol. The van der Waals surface area contributed by atoms with Crippen LogP contribution in [0.15, 0.2) is 11.4 Å². The van der Waals surface area contributed by atoms with Crippen molar-refractivity contribution in [3.63, 3.8) is 0 Å². The van der Waals surface area contributed by atoms with Crippen molar-refractivity contribution in [3.8, 4) is 0 Å². The van der Waals surface area contributed by atoms with E-state index in [1.54, 1.807) is 11.3 Å². The zero-order valence-corrected chi connectivity index (χ0v) is 13.6. The van der Waals surface area contributed by atoms with Crippen molar-refractivity contribution in [2.45, 2.75) is 51.5 Å². The van der Waals surface area contributed by atoms with E-state index in [2.05, 4.69) is 23.7 Å². The van der Waals surface area contributed by atoms with Crippen molar-refractivity contribution in [1.29, 1.82) is 0 Å². The zero-order valence-electron chi connectivity index (χ0n) is 12.8. The first-order valence-corrected chi connectivity index (χ1v) is 9.09. The van der Waals surface area contributed by atoms with Crippen LogP contribution in [0.5, 0.6) is 0 Å². The molecule has 2 aliphatic rings. The van der Waals surface area contributed by atoms with Gasteiger partial charge in [0.15, 0.2) is 0 Å². The molecule has 1 aromatic rings. The third-order valence-corrected chi connectivity index (χ3v) is 6.49. The fourth-order valence-corrected chi connectivity index (χ4v) is 5.02. The second-order valence-corrected chi connectivity index (χ2v) is 7.77. The number of rotatable bonds is 4. The summed E-state index contributed by atoms with van der Waals surface area (Å²) in [5.74, 6) is 1.61. The molecule has 0 saturated heterocycles. The first-order valence-electron chi connectivity index (χ1n) is 8.21. The van der Waals surface area contributed by atoms with Crippen molar-refractivity contribution in [1.82, 2.24) is 5.32 Å². The highest BCUT2D eigenvalue weighted by atomic mass is 32.1. The number of nitrogens with one attached hydrogen (secondary N) is 1. The summed E-state index contributed by atoms with van der Waals surface area (Å²) in [6, 6.07) is 2.49. The number of hydrogen-bond acceptors (Lipinski definition) is 3. The molecule has 1 aromatic heterocycles. The zero-order chi connectivity index (χ0) is 14.8. The maximum Gasteiger partial charge on any atom is 0.223 e. The van der Waals surface area contributed by atoms with E-state index >= 15 is 0 Å². The van der Waals surface area contributed by atoms with E-state index in [0.717, 1.165) is 25.8 Å². The predicted octanol–water partition coefficient (Wildman–Crippen LogP) is 2.87. The SMILES string of the molecule is Cc1ccsc1CCNC(=O)C1CC2CCCC(C1)C2N. The Bertz CT molecular complexity index is 485. The second-order valence-electron chi connectivity index (χ2n) is 6.76. The Balaban J connectivity index is 1.48. The van der Waals surface area contributed by atoms with E-state index in [0.29, 0.717) is 17.9 Å². The van der Waals surface area contributed by atoms with Crippen LogP contribution in [-0.4, -0.2) is 18.5 Å². The highest BCUT2D eigenvalue weighted by molar-refractivity contribution is 7.10. The molecule has 2 unspecified atom stereocenters. The lowest BCUT2D eigenvalue weighted by Gasteiger charge is -2.43. The average molecular weight is 306 g/mol. The van der Waals surface area contributed by atoms with Crippen LogP contribution in [-0.2, 0) is 11.2 Å². The summed E-state index contributed by atoms with van der Waals surface area (Å²) < 4.78 is 0. The molecule has 21 heavy (non-hydrogen) atoms. The van der Waals surface area contributed by atoms with Gasteiger partial charge in [-0.3, -0.25) is 4.79 Å². The van der Waals surface area contributed by atoms with Crippen LogP contribution in [0.2, 0.25) is 0 Å². The van der Waals surface area contributed by atoms with Crippen molar-refractivity contribution in [2.24, 2.45) is 23.5 Å². The lowest BCUT2D eigenvalue weighted by molar-refractivity contribution is -0.127. The minimum Gasteiger partial charge on any atom is -0.356 e. The third-order valence-electron chi connectivity index (χ3n) is 5.40. The lowest BCUT2D eigenvalue weighted by atomic mass is 9.65. The number of carbonyl (C=O) groups is 1. The summed E-state index contributed by atoms with van der Waals surface area (Å²) in [5.41, 5.74) is 7.64. The van der Waals surface area contributed by atoms with Gasteiger partial charge in [0, 0.05) is 23.4 Å². The molecule has 0 spiro atoms. The molecule has 3 N–H and O–H groups in total. The summed E-state index contributed by atoms with van der Waals surface area (Å²) in [4.78, 5) is 13.8. The monoisotopic (exact) mass is 306 g/mol. The third kappa shape index (κ3) is 3.32. The summed E-state index contributed by atoms with van der Waals surface area (Å²) in [6.07, 6.45) is 6.69. The Labute approximate surface area is 131 Å². The van der Waals surface area contributed by atoms with Crippen LogP contribution >= 0.6 is 11.3 Å². The lowest BCUT2D eigenvalue weighted by Crippen LogP contribution is -2.49. The minimum absolute atomic E-state index is 0.199. The molecule has 2 aliphatic carbocycles. The number of thiophene rings is 1. The van der Waals surface area contributed by atoms with Gasteiger partial charge in [0.2, 0.25) is 5.91 Å². The highest BCUT2D eigenvalue weighted by Gasteiger charge is 2.40.